The number of aryl methyl sites for hydroxylation is 3. The van der Waals surface area contributed by atoms with E-state index in [0.29, 0.717) is 0 Å². The molecular formula is C12H18BrN5. The Bertz CT molecular complexity index is 555. The highest BCUT2D eigenvalue weighted by atomic mass is 79.9. The molecule has 0 fully saturated rings. The second-order valence-electron chi connectivity index (χ2n) is 4.44. The monoisotopic (exact) mass is 311 g/mol. The Balaban J connectivity index is 2.26. The van der Waals surface area contributed by atoms with Crippen LogP contribution in [0.1, 0.15) is 22.6 Å². The molecule has 0 atom stereocenters. The van der Waals surface area contributed by atoms with Crippen LogP contribution >= 0.6 is 15.9 Å². The second kappa shape index (κ2) is 5.24. The Morgan fingerprint density at radius 3 is 2.56 bits per heavy atom. The van der Waals surface area contributed by atoms with E-state index in [-0.39, 0.29) is 0 Å². The Morgan fingerprint density at radius 2 is 2.00 bits per heavy atom. The van der Waals surface area contributed by atoms with Crippen LogP contribution in [0.5, 0.6) is 0 Å². The maximum Gasteiger partial charge on any atom is 0.0839 e. The molecule has 2 aromatic heterocycles. The van der Waals surface area contributed by atoms with Crippen LogP contribution < -0.4 is 5.32 Å². The highest BCUT2D eigenvalue weighted by molar-refractivity contribution is 9.10. The molecule has 0 spiro atoms. The molecule has 6 heteroatoms. The molecule has 0 aliphatic carbocycles. The quantitative estimate of drug-likeness (QED) is 0.936. The van der Waals surface area contributed by atoms with Crippen molar-refractivity contribution in [3.63, 3.8) is 0 Å². The van der Waals surface area contributed by atoms with E-state index in [0.717, 1.165) is 34.6 Å². The van der Waals surface area contributed by atoms with E-state index in [9.17, 15) is 0 Å². The molecule has 0 unspecified atom stereocenters. The molecule has 0 aliphatic rings. The fourth-order valence-electron chi connectivity index (χ4n) is 2.01. The number of nitrogens with zero attached hydrogens (tertiary/aromatic N) is 4. The number of hydrogen-bond donors (Lipinski definition) is 1. The summed E-state index contributed by atoms with van der Waals surface area (Å²) < 4.78 is 4.92. The first-order valence-electron chi connectivity index (χ1n) is 5.88. The molecule has 2 aromatic rings. The van der Waals surface area contributed by atoms with Crippen molar-refractivity contribution in [3.8, 4) is 0 Å². The van der Waals surface area contributed by atoms with E-state index in [1.54, 1.807) is 0 Å². The van der Waals surface area contributed by atoms with E-state index in [1.165, 1.54) is 5.56 Å². The smallest absolute Gasteiger partial charge is 0.0839 e. The van der Waals surface area contributed by atoms with Crippen molar-refractivity contribution in [3.05, 3.63) is 33.3 Å². The fraction of sp³-hybridized carbons (Fsp3) is 0.500. The van der Waals surface area contributed by atoms with Crippen LogP contribution in [0.15, 0.2) is 10.7 Å². The van der Waals surface area contributed by atoms with Gasteiger partial charge in [0.25, 0.3) is 0 Å². The molecule has 0 aromatic carbocycles. The van der Waals surface area contributed by atoms with Crippen LogP contribution in [-0.4, -0.2) is 26.6 Å². The van der Waals surface area contributed by atoms with Gasteiger partial charge in [0.15, 0.2) is 0 Å². The Morgan fingerprint density at radius 1 is 1.28 bits per heavy atom. The van der Waals surface area contributed by atoms with E-state index in [2.05, 4.69) is 37.6 Å². The maximum atomic E-state index is 4.53. The number of aromatic nitrogens is 4. The molecule has 0 radical (unpaired) electrons. The normalized spacial score (nSPS) is 11.2. The van der Waals surface area contributed by atoms with Crippen LogP contribution in [0.2, 0.25) is 0 Å². The van der Waals surface area contributed by atoms with Gasteiger partial charge < -0.3 is 5.32 Å². The van der Waals surface area contributed by atoms with Crippen LogP contribution in [-0.2, 0) is 20.1 Å². The summed E-state index contributed by atoms with van der Waals surface area (Å²) in [5.41, 5.74) is 4.43. The van der Waals surface area contributed by atoms with Gasteiger partial charge in [-0.15, -0.1) is 0 Å². The molecule has 0 saturated carbocycles. The van der Waals surface area contributed by atoms with Crippen LogP contribution in [0.25, 0.3) is 0 Å². The average molecular weight is 312 g/mol. The van der Waals surface area contributed by atoms with Crippen molar-refractivity contribution >= 4 is 15.9 Å². The average Bonchev–Trinajstić information content (AvgIpc) is 2.76. The lowest BCUT2D eigenvalue weighted by Crippen LogP contribution is -2.07. The first kappa shape index (κ1) is 13.3. The van der Waals surface area contributed by atoms with Crippen LogP contribution in [0.4, 0.5) is 0 Å². The molecule has 1 N–H and O–H groups in total. The van der Waals surface area contributed by atoms with Crippen molar-refractivity contribution in [2.75, 3.05) is 7.05 Å². The minimum Gasteiger partial charge on any atom is -0.316 e. The van der Waals surface area contributed by atoms with Gasteiger partial charge in [-0.2, -0.15) is 10.2 Å². The van der Waals surface area contributed by atoms with Gasteiger partial charge in [-0.05, 0) is 36.8 Å². The minimum absolute atomic E-state index is 0.725. The molecule has 98 valence electrons. The third-order valence-electron chi connectivity index (χ3n) is 2.99. The summed E-state index contributed by atoms with van der Waals surface area (Å²) in [5.74, 6) is 0. The van der Waals surface area contributed by atoms with E-state index >= 15 is 0 Å². The summed E-state index contributed by atoms with van der Waals surface area (Å²) in [6, 6.07) is 0. The third kappa shape index (κ3) is 2.49. The number of rotatable bonds is 4. The molecular weight excluding hydrogens is 294 g/mol. The standard InChI is InChI=1S/C12H18BrN5/c1-8-10(5-14-3)6-18(16-8)7-11-12(13)9(2)15-17(11)4/h6,14H,5,7H2,1-4H3. The lowest BCUT2D eigenvalue weighted by Gasteiger charge is -2.03. The Kier molecular flexibility index (Phi) is 3.87. The Labute approximate surface area is 115 Å². The highest BCUT2D eigenvalue weighted by Gasteiger charge is 2.12. The minimum atomic E-state index is 0.725. The molecule has 2 heterocycles. The predicted molar refractivity (Wildman–Crippen MR) is 74.5 cm³/mol. The van der Waals surface area contributed by atoms with Crippen molar-refractivity contribution in [2.45, 2.75) is 26.9 Å². The Hall–Kier alpha value is -1.14. The lowest BCUT2D eigenvalue weighted by molar-refractivity contribution is 0.613. The zero-order valence-electron chi connectivity index (χ0n) is 11.2. The summed E-state index contributed by atoms with van der Waals surface area (Å²) in [6.45, 7) is 5.60. The summed E-state index contributed by atoms with van der Waals surface area (Å²) in [6.07, 6.45) is 2.08. The summed E-state index contributed by atoms with van der Waals surface area (Å²) in [4.78, 5) is 0. The topological polar surface area (TPSA) is 47.7 Å². The fourth-order valence-corrected chi connectivity index (χ4v) is 2.47. The summed E-state index contributed by atoms with van der Waals surface area (Å²) >= 11 is 3.58. The molecule has 5 nitrogen and oxygen atoms in total. The van der Waals surface area contributed by atoms with Gasteiger partial charge in [-0.1, -0.05) is 0 Å². The van der Waals surface area contributed by atoms with E-state index in [1.807, 2.05) is 37.3 Å². The zero-order chi connectivity index (χ0) is 13.3. The van der Waals surface area contributed by atoms with E-state index in [4.69, 9.17) is 0 Å². The van der Waals surface area contributed by atoms with Gasteiger partial charge in [-0.25, -0.2) is 0 Å². The van der Waals surface area contributed by atoms with Gasteiger partial charge in [0.05, 0.1) is 28.1 Å². The van der Waals surface area contributed by atoms with Gasteiger partial charge in [0.2, 0.25) is 0 Å². The largest absolute Gasteiger partial charge is 0.316 e. The maximum absolute atomic E-state index is 4.53. The van der Waals surface area contributed by atoms with Crippen LogP contribution in [0.3, 0.4) is 0 Å². The predicted octanol–water partition coefficient (Wildman–Crippen LogP) is 1.76. The van der Waals surface area contributed by atoms with E-state index < -0.39 is 0 Å². The first-order valence-corrected chi connectivity index (χ1v) is 6.67. The number of halogens is 1. The highest BCUT2D eigenvalue weighted by Crippen LogP contribution is 2.21. The molecule has 18 heavy (non-hydrogen) atoms. The SMILES string of the molecule is CNCc1cn(Cc2c(Br)c(C)nn2C)nc1C. The number of hydrogen-bond acceptors (Lipinski definition) is 3. The molecule has 0 amide bonds. The molecule has 2 rings (SSSR count). The molecule has 0 saturated heterocycles. The second-order valence-corrected chi connectivity index (χ2v) is 5.23. The van der Waals surface area contributed by atoms with Crippen molar-refractivity contribution in [2.24, 2.45) is 7.05 Å². The number of nitrogens with one attached hydrogen (secondary N) is 1. The summed E-state index contributed by atoms with van der Waals surface area (Å²) in [5, 5.41) is 12.1. The van der Waals surface area contributed by atoms with Crippen molar-refractivity contribution < 1.29 is 0 Å². The molecule has 0 bridgehead atoms. The van der Waals surface area contributed by atoms with Gasteiger partial charge in [-0.3, -0.25) is 9.36 Å². The zero-order valence-corrected chi connectivity index (χ0v) is 12.7. The van der Waals surface area contributed by atoms with Gasteiger partial charge >= 0.3 is 0 Å². The van der Waals surface area contributed by atoms with Crippen molar-refractivity contribution in [1.29, 1.82) is 0 Å². The lowest BCUT2D eigenvalue weighted by atomic mass is 10.3. The first-order chi connectivity index (χ1) is 8.52. The van der Waals surface area contributed by atoms with Gasteiger partial charge in [0, 0.05) is 25.4 Å². The van der Waals surface area contributed by atoms with Gasteiger partial charge in [0.1, 0.15) is 0 Å². The molecule has 0 aliphatic heterocycles. The third-order valence-corrected chi connectivity index (χ3v) is 4.02. The van der Waals surface area contributed by atoms with Crippen LogP contribution in [0, 0.1) is 13.8 Å². The summed E-state index contributed by atoms with van der Waals surface area (Å²) in [7, 11) is 3.90. The van der Waals surface area contributed by atoms with Crippen molar-refractivity contribution in [1.82, 2.24) is 24.9 Å².